The van der Waals surface area contributed by atoms with Crippen LogP contribution in [0, 0.1) is 25.7 Å². The zero-order valence-electron chi connectivity index (χ0n) is 15.1. The number of aromatic nitrogens is 3. The maximum absolute atomic E-state index is 12.3. The van der Waals surface area contributed by atoms with Crippen molar-refractivity contribution >= 4 is 11.9 Å². The summed E-state index contributed by atoms with van der Waals surface area (Å²) in [7, 11) is 0. The molecule has 7 heteroatoms. The number of hydrogen-bond donors (Lipinski definition) is 2. The van der Waals surface area contributed by atoms with Crippen LogP contribution in [0.15, 0.2) is 24.4 Å². The van der Waals surface area contributed by atoms with Crippen LogP contribution in [0.4, 0.5) is 0 Å². The van der Waals surface area contributed by atoms with Crippen LogP contribution in [-0.4, -0.2) is 31.7 Å². The van der Waals surface area contributed by atoms with Crippen molar-refractivity contribution in [2.24, 2.45) is 11.8 Å². The number of carbonyl (C=O) groups excluding carboxylic acids is 1. The summed E-state index contributed by atoms with van der Waals surface area (Å²) in [6.45, 7) is 4.30. The molecular weight excluding hydrogens is 332 g/mol. The van der Waals surface area contributed by atoms with E-state index in [0.717, 1.165) is 35.6 Å². The number of hydrogen-bond acceptors (Lipinski definition) is 4. The van der Waals surface area contributed by atoms with Gasteiger partial charge in [0, 0.05) is 24.4 Å². The first-order valence-corrected chi connectivity index (χ1v) is 8.93. The van der Waals surface area contributed by atoms with Gasteiger partial charge in [-0.2, -0.15) is 5.10 Å². The van der Waals surface area contributed by atoms with E-state index in [4.69, 9.17) is 5.11 Å². The van der Waals surface area contributed by atoms with E-state index >= 15 is 0 Å². The van der Waals surface area contributed by atoms with Gasteiger partial charge in [-0.25, -0.2) is 9.67 Å². The number of nitrogens with zero attached hydrogens (tertiary/aromatic N) is 3. The van der Waals surface area contributed by atoms with Gasteiger partial charge in [0.15, 0.2) is 5.82 Å². The van der Waals surface area contributed by atoms with Gasteiger partial charge in [-0.15, -0.1) is 0 Å². The smallest absolute Gasteiger partial charge is 0.306 e. The minimum Gasteiger partial charge on any atom is -0.481 e. The number of nitrogens with one attached hydrogen (secondary N) is 1. The summed E-state index contributed by atoms with van der Waals surface area (Å²) in [5, 5.41) is 16.5. The normalized spacial score (nSPS) is 19.9. The van der Waals surface area contributed by atoms with Gasteiger partial charge in [-0.05, 0) is 50.8 Å². The molecule has 0 saturated heterocycles. The Balaban J connectivity index is 1.57. The molecule has 2 unspecified atom stereocenters. The highest BCUT2D eigenvalue weighted by Gasteiger charge is 2.30. The molecule has 1 saturated carbocycles. The second-order valence-electron chi connectivity index (χ2n) is 6.98. The Hall–Kier alpha value is -2.70. The molecule has 1 aliphatic carbocycles. The maximum atomic E-state index is 12.3. The molecule has 26 heavy (non-hydrogen) atoms. The Morgan fingerprint density at radius 1 is 1.27 bits per heavy atom. The number of amides is 1. The number of rotatable bonds is 5. The van der Waals surface area contributed by atoms with E-state index in [0.29, 0.717) is 19.4 Å². The average molecular weight is 356 g/mol. The minimum atomic E-state index is -0.800. The first-order chi connectivity index (χ1) is 12.4. The molecule has 3 rings (SSSR count). The number of aliphatic carboxylic acids is 1. The average Bonchev–Trinajstić information content (AvgIpc) is 2.98. The van der Waals surface area contributed by atoms with Crippen LogP contribution in [-0.2, 0) is 16.1 Å². The number of aryl methyl sites for hydroxylation is 2. The molecule has 138 valence electrons. The van der Waals surface area contributed by atoms with Gasteiger partial charge in [-0.1, -0.05) is 12.5 Å². The van der Waals surface area contributed by atoms with Gasteiger partial charge in [0.05, 0.1) is 11.6 Å². The van der Waals surface area contributed by atoms with E-state index < -0.39 is 11.9 Å². The third-order valence-corrected chi connectivity index (χ3v) is 4.90. The van der Waals surface area contributed by atoms with Crippen LogP contribution in [0.1, 0.15) is 42.6 Å². The van der Waals surface area contributed by atoms with Crippen molar-refractivity contribution in [3.63, 3.8) is 0 Å². The van der Waals surface area contributed by atoms with Crippen LogP contribution in [0.5, 0.6) is 0 Å². The Bertz CT molecular complexity index is 798. The van der Waals surface area contributed by atoms with E-state index in [-0.39, 0.29) is 11.8 Å². The lowest BCUT2D eigenvalue weighted by molar-refractivity contribution is -0.144. The topological polar surface area (TPSA) is 97.1 Å². The number of carbonyl (C=O) groups is 2. The summed E-state index contributed by atoms with van der Waals surface area (Å²) in [4.78, 5) is 27.9. The molecule has 2 atom stereocenters. The molecule has 0 bridgehead atoms. The summed E-state index contributed by atoms with van der Waals surface area (Å²) >= 11 is 0. The van der Waals surface area contributed by atoms with Crippen LogP contribution >= 0.6 is 0 Å². The van der Waals surface area contributed by atoms with Crippen molar-refractivity contribution in [3.05, 3.63) is 41.3 Å². The SMILES string of the molecule is Cc1cc(C)n(-c2ccc(CNC(=O)C3CCCC(C(=O)O)C3)cn2)n1. The molecule has 1 aliphatic rings. The molecule has 0 aliphatic heterocycles. The zero-order chi connectivity index (χ0) is 18.7. The fraction of sp³-hybridized carbons (Fsp3) is 0.474. The third-order valence-electron chi connectivity index (χ3n) is 4.90. The third kappa shape index (κ3) is 4.09. The standard InChI is InChI=1S/C19H24N4O3/c1-12-8-13(2)23(22-12)17-7-6-14(10-20-17)11-21-18(24)15-4-3-5-16(9-15)19(25)26/h6-8,10,15-16H,3-5,9,11H2,1-2H3,(H,21,24)(H,25,26). The van der Waals surface area contributed by atoms with Crippen LogP contribution in [0.3, 0.4) is 0 Å². The molecule has 2 aromatic rings. The molecule has 2 heterocycles. The quantitative estimate of drug-likeness (QED) is 0.857. The predicted molar refractivity (Wildman–Crippen MR) is 95.8 cm³/mol. The fourth-order valence-electron chi connectivity index (χ4n) is 3.49. The monoisotopic (exact) mass is 356 g/mol. The molecular formula is C19H24N4O3. The molecule has 1 amide bonds. The van der Waals surface area contributed by atoms with Crippen molar-refractivity contribution in [3.8, 4) is 5.82 Å². The highest BCUT2D eigenvalue weighted by Crippen LogP contribution is 2.29. The highest BCUT2D eigenvalue weighted by molar-refractivity contribution is 5.80. The van der Waals surface area contributed by atoms with E-state index in [2.05, 4.69) is 15.4 Å². The molecule has 1 fully saturated rings. The Morgan fingerprint density at radius 2 is 2.04 bits per heavy atom. The second kappa shape index (κ2) is 7.68. The van der Waals surface area contributed by atoms with Gasteiger partial charge in [0.2, 0.25) is 5.91 Å². The predicted octanol–water partition coefficient (Wildman–Crippen LogP) is 2.39. The van der Waals surface area contributed by atoms with Crippen molar-refractivity contribution < 1.29 is 14.7 Å². The Labute approximate surface area is 152 Å². The molecule has 0 radical (unpaired) electrons. The van der Waals surface area contributed by atoms with E-state index in [1.54, 1.807) is 10.9 Å². The maximum Gasteiger partial charge on any atom is 0.306 e. The van der Waals surface area contributed by atoms with Crippen molar-refractivity contribution in [1.82, 2.24) is 20.1 Å². The summed E-state index contributed by atoms with van der Waals surface area (Å²) in [5.41, 5.74) is 2.85. The molecule has 2 N–H and O–H groups in total. The van der Waals surface area contributed by atoms with Gasteiger partial charge in [0.1, 0.15) is 0 Å². The largest absolute Gasteiger partial charge is 0.481 e. The first kappa shape index (κ1) is 18.1. The lowest BCUT2D eigenvalue weighted by Crippen LogP contribution is -2.35. The molecule has 0 spiro atoms. The summed E-state index contributed by atoms with van der Waals surface area (Å²) in [6.07, 6.45) is 4.36. The van der Waals surface area contributed by atoms with Crippen LogP contribution in [0.2, 0.25) is 0 Å². The number of carboxylic acids is 1. The zero-order valence-corrected chi connectivity index (χ0v) is 15.1. The minimum absolute atomic E-state index is 0.0708. The number of carboxylic acid groups (broad SMARTS) is 1. The summed E-state index contributed by atoms with van der Waals surface area (Å²) in [6, 6.07) is 5.78. The highest BCUT2D eigenvalue weighted by atomic mass is 16.4. The number of pyridine rings is 1. The Morgan fingerprint density at radius 3 is 2.65 bits per heavy atom. The van der Waals surface area contributed by atoms with E-state index in [9.17, 15) is 9.59 Å². The fourth-order valence-corrected chi connectivity index (χ4v) is 3.49. The van der Waals surface area contributed by atoms with Crippen molar-refractivity contribution in [2.75, 3.05) is 0 Å². The van der Waals surface area contributed by atoms with Gasteiger partial charge in [0.25, 0.3) is 0 Å². The Kier molecular flexibility index (Phi) is 5.35. The van der Waals surface area contributed by atoms with Gasteiger partial charge >= 0.3 is 5.97 Å². The molecule has 2 aromatic heterocycles. The van der Waals surface area contributed by atoms with Crippen LogP contribution in [0.25, 0.3) is 5.82 Å². The molecule has 7 nitrogen and oxygen atoms in total. The lowest BCUT2D eigenvalue weighted by Gasteiger charge is -2.25. The van der Waals surface area contributed by atoms with E-state index in [1.807, 2.05) is 32.0 Å². The summed E-state index contributed by atoms with van der Waals surface area (Å²) in [5.74, 6) is -0.750. The van der Waals surface area contributed by atoms with Crippen molar-refractivity contribution in [1.29, 1.82) is 0 Å². The van der Waals surface area contributed by atoms with E-state index in [1.165, 1.54) is 0 Å². The summed E-state index contributed by atoms with van der Waals surface area (Å²) < 4.78 is 1.78. The van der Waals surface area contributed by atoms with Gasteiger partial charge in [-0.3, -0.25) is 9.59 Å². The second-order valence-corrected chi connectivity index (χ2v) is 6.98. The van der Waals surface area contributed by atoms with Crippen molar-refractivity contribution in [2.45, 2.75) is 46.1 Å². The van der Waals surface area contributed by atoms with Crippen LogP contribution < -0.4 is 5.32 Å². The first-order valence-electron chi connectivity index (χ1n) is 8.93. The lowest BCUT2D eigenvalue weighted by atomic mass is 9.81. The molecule has 0 aromatic carbocycles. The van der Waals surface area contributed by atoms with Gasteiger partial charge < -0.3 is 10.4 Å².